The van der Waals surface area contributed by atoms with Crippen LogP contribution in [0.25, 0.3) is 0 Å². The molecule has 0 aromatic heterocycles. The molecule has 0 spiro atoms. The van der Waals surface area contributed by atoms with Gasteiger partial charge in [-0.2, -0.15) is 0 Å². The lowest BCUT2D eigenvalue weighted by Gasteiger charge is -2.22. The van der Waals surface area contributed by atoms with Gasteiger partial charge in [-0.3, -0.25) is 10.1 Å². The Kier molecular flexibility index (Phi) is 7.40. The van der Waals surface area contributed by atoms with Crippen LogP contribution in [0.5, 0.6) is 5.75 Å². The van der Waals surface area contributed by atoms with Gasteiger partial charge in [0, 0.05) is 31.4 Å². The number of nitrogens with one attached hydrogen (secondary N) is 2. The number of hydrogen-bond donors (Lipinski definition) is 2. The van der Waals surface area contributed by atoms with Crippen LogP contribution in [0.1, 0.15) is 31.0 Å². The van der Waals surface area contributed by atoms with Crippen LogP contribution in [0, 0.1) is 6.92 Å². The lowest BCUT2D eigenvalue weighted by molar-refractivity contribution is -0.117. The molecule has 2 aromatic carbocycles. The van der Waals surface area contributed by atoms with E-state index in [0.29, 0.717) is 5.69 Å². The van der Waals surface area contributed by atoms with Crippen molar-refractivity contribution in [2.45, 2.75) is 37.8 Å². The molecular formula is C21H29N3O4S. The van der Waals surface area contributed by atoms with Crippen molar-refractivity contribution in [3.8, 4) is 5.75 Å². The van der Waals surface area contributed by atoms with E-state index in [1.807, 2.05) is 38.1 Å². The van der Waals surface area contributed by atoms with Crippen molar-refractivity contribution in [1.29, 1.82) is 0 Å². The van der Waals surface area contributed by atoms with Gasteiger partial charge in [0.2, 0.25) is 15.9 Å². The highest BCUT2D eigenvalue weighted by Crippen LogP contribution is 2.25. The first-order valence-electron chi connectivity index (χ1n) is 9.31. The molecule has 0 radical (unpaired) electrons. The predicted molar refractivity (Wildman–Crippen MR) is 115 cm³/mol. The molecule has 2 rings (SSSR count). The number of nitrogens with zero attached hydrogens (tertiary/aromatic N) is 1. The van der Waals surface area contributed by atoms with Gasteiger partial charge in [-0.1, -0.05) is 24.3 Å². The number of carbonyl (C=O) groups excluding carboxylic acids is 1. The maximum Gasteiger partial charge on any atom is 0.242 e. The fourth-order valence-corrected chi connectivity index (χ4v) is 3.84. The first-order chi connectivity index (χ1) is 13.6. The standard InChI is InChI=1S/C21H29N3O4S/c1-14-11-12-17(29(26,27)24(4)5)13-19(14)23-21(25)16(3)22-15(2)18-9-7-8-10-20(18)28-6/h7-13,15-16,22H,1-6H3,(H,23,25)/t15-,16-/m0/s1. The maximum atomic E-state index is 12.7. The summed E-state index contributed by atoms with van der Waals surface area (Å²) in [6, 6.07) is 11.7. The first kappa shape index (κ1) is 22.9. The molecule has 0 heterocycles. The molecule has 2 atom stereocenters. The van der Waals surface area contributed by atoms with Crippen molar-refractivity contribution in [2.75, 3.05) is 26.5 Å². The van der Waals surface area contributed by atoms with Crippen LogP contribution >= 0.6 is 0 Å². The summed E-state index contributed by atoms with van der Waals surface area (Å²) in [7, 11) is 0.970. The molecule has 1 amide bonds. The molecular weight excluding hydrogens is 390 g/mol. The Hall–Kier alpha value is -2.42. The minimum Gasteiger partial charge on any atom is -0.496 e. The third kappa shape index (κ3) is 5.35. The molecule has 0 saturated carbocycles. The number of benzene rings is 2. The van der Waals surface area contributed by atoms with E-state index in [2.05, 4.69) is 10.6 Å². The van der Waals surface area contributed by atoms with E-state index in [1.165, 1.54) is 26.2 Å². The van der Waals surface area contributed by atoms with Crippen LogP contribution in [0.2, 0.25) is 0 Å². The summed E-state index contributed by atoms with van der Waals surface area (Å²) in [6.07, 6.45) is 0. The Bertz CT molecular complexity index is 974. The summed E-state index contributed by atoms with van der Waals surface area (Å²) in [6.45, 7) is 5.53. The molecule has 0 fully saturated rings. The fraction of sp³-hybridized carbons (Fsp3) is 0.381. The van der Waals surface area contributed by atoms with E-state index in [1.54, 1.807) is 20.1 Å². The number of ether oxygens (including phenoxy) is 1. The minimum atomic E-state index is -3.58. The third-order valence-electron chi connectivity index (χ3n) is 4.74. The molecule has 2 aromatic rings. The largest absolute Gasteiger partial charge is 0.496 e. The second-order valence-corrected chi connectivity index (χ2v) is 9.26. The van der Waals surface area contributed by atoms with E-state index in [0.717, 1.165) is 21.2 Å². The lowest BCUT2D eigenvalue weighted by Crippen LogP contribution is -2.39. The quantitative estimate of drug-likeness (QED) is 0.687. The van der Waals surface area contributed by atoms with Gasteiger partial charge in [-0.15, -0.1) is 0 Å². The minimum absolute atomic E-state index is 0.117. The highest BCUT2D eigenvalue weighted by Gasteiger charge is 2.21. The maximum absolute atomic E-state index is 12.7. The zero-order chi connectivity index (χ0) is 21.8. The highest BCUT2D eigenvalue weighted by atomic mass is 32.2. The number of sulfonamides is 1. The van der Waals surface area contributed by atoms with Gasteiger partial charge in [0.25, 0.3) is 0 Å². The topological polar surface area (TPSA) is 87.7 Å². The van der Waals surface area contributed by atoms with E-state index in [9.17, 15) is 13.2 Å². The predicted octanol–water partition coefficient (Wildman–Crippen LogP) is 2.93. The summed E-state index contributed by atoms with van der Waals surface area (Å²) in [5, 5.41) is 6.09. The van der Waals surface area contributed by atoms with E-state index in [-0.39, 0.29) is 16.8 Å². The molecule has 0 aliphatic carbocycles. The number of para-hydroxylation sites is 1. The molecule has 7 nitrogen and oxygen atoms in total. The van der Waals surface area contributed by atoms with Gasteiger partial charge >= 0.3 is 0 Å². The Labute approximate surface area is 173 Å². The van der Waals surface area contributed by atoms with Gasteiger partial charge in [-0.05, 0) is 44.5 Å². The second-order valence-electron chi connectivity index (χ2n) is 7.11. The summed E-state index contributed by atoms with van der Waals surface area (Å²) in [4.78, 5) is 12.8. The second kappa shape index (κ2) is 9.39. The molecule has 2 N–H and O–H groups in total. The first-order valence-corrected chi connectivity index (χ1v) is 10.7. The molecule has 0 aliphatic rings. The third-order valence-corrected chi connectivity index (χ3v) is 6.56. The molecule has 158 valence electrons. The molecule has 8 heteroatoms. The fourth-order valence-electron chi connectivity index (χ4n) is 2.91. The Morgan fingerprint density at radius 1 is 1.10 bits per heavy atom. The average Bonchev–Trinajstić information content (AvgIpc) is 2.69. The van der Waals surface area contributed by atoms with Crippen molar-refractivity contribution in [2.24, 2.45) is 0 Å². The monoisotopic (exact) mass is 419 g/mol. The molecule has 0 aliphatic heterocycles. The smallest absolute Gasteiger partial charge is 0.242 e. The van der Waals surface area contributed by atoms with Crippen LogP contribution in [-0.4, -0.2) is 45.9 Å². The SMILES string of the molecule is COc1ccccc1[C@H](C)N[C@@H](C)C(=O)Nc1cc(S(=O)(=O)N(C)C)ccc1C. The van der Waals surface area contributed by atoms with E-state index < -0.39 is 16.1 Å². The summed E-state index contributed by atoms with van der Waals surface area (Å²) in [5.74, 6) is 0.492. The molecule has 0 bridgehead atoms. The van der Waals surface area contributed by atoms with Crippen LogP contribution in [0.15, 0.2) is 47.4 Å². The number of anilines is 1. The highest BCUT2D eigenvalue weighted by molar-refractivity contribution is 7.89. The van der Waals surface area contributed by atoms with Crippen LogP contribution in [-0.2, 0) is 14.8 Å². The number of rotatable bonds is 8. The van der Waals surface area contributed by atoms with Crippen LogP contribution in [0.3, 0.4) is 0 Å². The summed E-state index contributed by atoms with van der Waals surface area (Å²) in [5.41, 5.74) is 2.20. The van der Waals surface area contributed by atoms with Crippen molar-refractivity contribution < 1.29 is 17.9 Å². The van der Waals surface area contributed by atoms with Crippen molar-refractivity contribution in [1.82, 2.24) is 9.62 Å². The average molecular weight is 420 g/mol. The van der Waals surface area contributed by atoms with E-state index in [4.69, 9.17) is 4.74 Å². The Morgan fingerprint density at radius 3 is 2.38 bits per heavy atom. The number of methoxy groups -OCH3 is 1. The van der Waals surface area contributed by atoms with Gasteiger partial charge in [-0.25, -0.2) is 12.7 Å². The number of carbonyl (C=O) groups is 1. The summed E-state index contributed by atoms with van der Waals surface area (Å²) >= 11 is 0. The zero-order valence-electron chi connectivity index (χ0n) is 17.7. The van der Waals surface area contributed by atoms with Crippen molar-refractivity contribution in [3.05, 3.63) is 53.6 Å². The van der Waals surface area contributed by atoms with Gasteiger partial charge in [0.05, 0.1) is 18.0 Å². The van der Waals surface area contributed by atoms with Gasteiger partial charge < -0.3 is 10.1 Å². The van der Waals surface area contributed by atoms with E-state index >= 15 is 0 Å². The lowest BCUT2D eigenvalue weighted by atomic mass is 10.1. The van der Waals surface area contributed by atoms with Crippen molar-refractivity contribution in [3.63, 3.8) is 0 Å². The summed E-state index contributed by atoms with van der Waals surface area (Å²) < 4.78 is 31.3. The number of hydrogen-bond acceptors (Lipinski definition) is 5. The molecule has 29 heavy (non-hydrogen) atoms. The number of amides is 1. The number of aryl methyl sites for hydroxylation is 1. The van der Waals surface area contributed by atoms with Crippen molar-refractivity contribution >= 4 is 21.6 Å². The van der Waals surface area contributed by atoms with Crippen LogP contribution in [0.4, 0.5) is 5.69 Å². The zero-order valence-corrected chi connectivity index (χ0v) is 18.5. The molecule has 0 saturated heterocycles. The van der Waals surface area contributed by atoms with Gasteiger partial charge in [0.1, 0.15) is 5.75 Å². The Morgan fingerprint density at radius 2 is 1.76 bits per heavy atom. The molecule has 0 unspecified atom stereocenters. The van der Waals surface area contributed by atoms with Crippen LogP contribution < -0.4 is 15.4 Å². The van der Waals surface area contributed by atoms with Gasteiger partial charge in [0.15, 0.2) is 0 Å². The normalized spacial score (nSPS) is 13.8. The Balaban J connectivity index is 2.15.